The highest BCUT2D eigenvalue weighted by molar-refractivity contribution is 5.88. The van der Waals surface area contributed by atoms with Crippen LogP contribution in [-0.4, -0.2) is 52.7 Å². The minimum atomic E-state index is -0.394. The van der Waals surface area contributed by atoms with E-state index < -0.39 is 5.97 Å². The Balaban J connectivity index is 1.85. The highest BCUT2D eigenvalue weighted by Crippen LogP contribution is 2.19. The SMILES string of the molecule is COC(=O)c1cccc2nc(CC3CCCN(C)C3)nn12. The molecule has 3 heterocycles. The van der Waals surface area contributed by atoms with Crippen LogP contribution >= 0.6 is 0 Å². The van der Waals surface area contributed by atoms with Crippen molar-refractivity contribution in [2.24, 2.45) is 5.92 Å². The smallest absolute Gasteiger partial charge is 0.356 e. The van der Waals surface area contributed by atoms with Crippen LogP contribution in [0.5, 0.6) is 0 Å². The molecule has 0 amide bonds. The number of esters is 1. The van der Waals surface area contributed by atoms with Gasteiger partial charge in [0, 0.05) is 13.0 Å². The molecule has 0 saturated carbocycles. The first-order valence-electron chi connectivity index (χ1n) is 7.29. The van der Waals surface area contributed by atoms with Crippen LogP contribution in [0.25, 0.3) is 5.65 Å². The van der Waals surface area contributed by atoms with Crippen LogP contribution in [0, 0.1) is 5.92 Å². The fourth-order valence-corrected chi connectivity index (χ4v) is 2.99. The Hall–Kier alpha value is -1.95. The molecule has 0 N–H and O–H groups in total. The predicted molar refractivity (Wildman–Crippen MR) is 78.3 cm³/mol. The maximum atomic E-state index is 11.8. The monoisotopic (exact) mass is 288 g/mol. The van der Waals surface area contributed by atoms with E-state index in [4.69, 9.17) is 4.74 Å². The summed E-state index contributed by atoms with van der Waals surface area (Å²) in [5, 5.41) is 4.49. The average Bonchev–Trinajstić information content (AvgIpc) is 2.88. The maximum Gasteiger partial charge on any atom is 0.356 e. The van der Waals surface area contributed by atoms with E-state index in [1.54, 1.807) is 16.6 Å². The molecule has 2 aromatic rings. The molecule has 1 aliphatic rings. The van der Waals surface area contributed by atoms with Crippen LogP contribution in [0.1, 0.15) is 29.2 Å². The number of likely N-dealkylation sites (tertiary alicyclic amines) is 1. The second-order valence-corrected chi connectivity index (χ2v) is 5.68. The van der Waals surface area contributed by atoms with E-state index >= 15 is 0 Å². The highest BCUT2D eigenvalue weighted by atomic mass is 16.5. The molecule has 1 fully saturated rings. The lowest BCUT2D eigenvalue weighted by atomic mass is 9.95. The second kappa shape index (κ2) is 5.81. The molecule has 6 nitrogen and oxygen atoms in total. The summed E-state index contributed by atoms with van der Waals surface area (Å²) in [6, 6.07) is 5.36. The van der Waals surface area contributed by atoms with Crippen molar-refractivity contribution in [3.8, 4) is 0 Å². The molecule has 0 aliphatic carbocycles. The minimum Gasteiger partial charge on any atom is -0.464 e. The Morgan fingerprint density at radius 3 is 3.10 bits per heavy atom. The van der Waals surface area contributed by atoms with Gasteiger partial charge in [0.25, 0.3) is 0 Å². The van der Waals surface area contributed by atoms with Gasteiger partial charge in [0.05, 0.1) is 7.11 Å². The summed E-state index contributed by atoms with van der Waals surface area (Å²) >= 11 is 0. The molecule has 1 aliphatic heterocycles. The van der Waals surface area contributed by atoms with Gasteiger partial charge in [-0.2, -0.15) is 5.10 Å². The number of rotatable bonds is 3. The topological polar surface area (TPSA) is 59.7 Å². The van der Waals surface area contributed by atoms with E-state index in [2.05, 4.69) is 22.0 Å². The van der Waals surface area contributed by atoms with Crippen molar-refractivity contribution < 1.29 is 9.53 Å². The third-order valence-electron chi connectivity index (χ3n) is 3.99. The first-order valence-corrected chi connectivity index (χ1v) is 7.29. The Morgan fingerprint density at radius 1 is 1.48 bits per heavy atom. The van der Waals surface area contributed by atoms with Gasteiger partial charge in [0.2, 0.25) is 0 Å². The fraction of sp³-hybridized carbons (Fsp3) is 0.533. The molecule has 1 unspecified atom stereocenters. The Bertz CT molecular complexity index is 652. The first kappa shape index (κ1) is 14.0. The van der Waals surface area contributed by atoms with E-state index in [1.165, 1.54) is 26.5 Å². The van der Waals surface area contributed by atoms with E-state index in [0.717, 1.165) is 18.8 Å². The summed E-state index contributed by atoms with van der Waals surface area (Å²) in [7, 11) is 3.52. The third-order valence-corrected chi connectivity index (χ3v) is 3.99. The summed E-state index contributed by atoms with van der Waals surface area (Å²) in [5.74, 6) is 0.990. The van der Waals surface area contributed by atoms with Crippen LogP contribution < -0.4 is 0 Å². The Kier molecular flexibility index (Phi) is 3.88. The van der Waals surface area contributed by atoms with E-state index in [-0.39, 0.29) is 0 Å². The zero-order valence-electron chi connectivity index (χ0n) is 12.5. The van der Waals surface area contributed by atoms with Crippen molar-refractivity contribution in [1.29, 1.82) is 0 Å². The van der Waals surface area contributed by atoms with Crippen LogP contribution in [0.15, 0.2) is 18.2 Å². The van der Waals surface area contributed by atoms with Gasteiger partial charge >= 0.3 is 5.97 Å². The number of ether oxygens (including phenoxy) is 1. The van der Waals surface area contributed by atoms with Gasteiger partial charge in [-0.1, -0.05) is 6.07 Å². The van der Waals surface area contributed by atoms with Crippen LogP contribution in [0.4, 0.5) is 0 Å². The molecule has 0 spiro atoms. The standard InChI is InChI=1S/C15H20N4O2/c1-18-8-4-5-11(10-18)9-13-16-14-7-3-6-12(15(20)21-2)19(14)17-13/h3,6-7,11H,4-5,8-10H2,1-2H3. The molecule has 0 aromatic carbocycles. The number of fused-ring (bicyclic) bond motifs is 1. The van der Waals surface area contributed by atoms with Gasteiger partial charge in [0.15, 0.2) is 17.2 Å². The molecule has 0 radical (unpaired) electrons. The molecule has 112 valence electrons. The normalized spacial score (nSPS) is 19.8. The Labute approximate surface area is 123 Å². The number of aromatic nitrogens is 3. The lowest BCUT2D eigenvalue weighted by molar-refractivity contribution is 0.0591. The zero-order valence-corrected chi connectivity index (χ0v) is 12.5. The van der Waals surface area contributed by atoms with Crippen molar-refractivity contribution in [3.63, 3.8) is 0 Å². The molecule has 0 bridgehead atoms. The number of nitrogens with zero attached hydrogens (tertiary/aromatic N) is 4. The van der Waals surface area contributed by atoms with Crippen molar-refractivity contribution in [1.82, 2.24) is 19.5 Å². The summed E-state index contributed by atoms with van der Waals surface area (Å²) in [6.45, 7) is 2.25. The van der Waals surface area contributed by atoms with Gasteiger partial charge in [0.1, 0.15) is 0 Å². The molecule has 2 aromatic heterocycles. The third kappa shape index (κ3) is 2.90. The van der Waals surface area contributed by atoms with Crippen LogP contribution in [0.3, 0.4) is 0 Å². The number of pyridine rings is 1. The largest absolute Gasteiger partial charge is 0.464 e. The van der Waals surface area contributed by atoms with Gasteiger partial charge in [-0.15, -0.1) is 0 Å². The number of hydrogen-bond acceptors (Lipinski definition) is 5. The predicted octanol–water partition coefficient (Wildman–Crippen LogP) is 1.40. The molecular formula is C15H20N4O2. The van der Waals surface area contributed by atoms with Crippen molar-refractivity contribution in [2.75, 3.05) is 27.2 Å². The van der Waals surface area contributed by atoms with Crippen molar-refractivity contribution >= 4 is 11.6 Å². The Morgan fingerprint density at radius 2 is 2.33 bits per heavy atom. The lowest BCUT2D eigenvalue weighted by Crippen LogP contribution is -2.33. The number of piperidine rings is 1. The molecule has 1 atom stereocenters. The number of hydrogen-bond donors (Lipinski definition) is 0. The molecule has 1 saturated heterocycles. The summed E-state index contributed by atoms with van der Waals surface area (Å²) in [5.41, 5.74) is 1.10. The molecular weight excluding hydrogens is 268 g/mol. The average molecular weight is 288 g/mol. The maximum absolute atomic E-state index is 11.8. The number of methoxy groups -OCH3 is 1. The first-order chi connectivity index (χ1) is 10.2. The van der Waals surface area contributed by atoms with Crippen LogP contribution in [0.2, 0.25) is 0 Å². The van der Waals surface area contributed by atoms with Gasteiger partial charge in [-0.05, 0) is 44.5 Å². The van der Waals surface area contributed by atoms with Gasteiger partial charge in [-0.3, -0.25) is 0 Å². The van der Waals surface area contributed by atoms with Gasteiger partial charge < -0.3 is 9.64 Å². The van der Waals surface area contributed by atoms with E-state index in [1.807, 2.05) is 6.07 Å². The van der Waals surface area contributed by atoms with E-state index in [9.17, 15) is 4.79 Å². The summed E-state index contributed by atoms with van der Waals surface area (Å²) < 4.78 is 6.36. The summed E-state index contributed by atoms with van der Waals surface area (Å²) in [6.07, 6.45) is 3.29. The van der Waals surface area contributed by atoms with E-state index in [0.29, 0.717) is 17.3 Å². The fourth-order valence-electron chi connectivity index (χ4n) is 2.99. The molecule has 21 heavy (non-hydrogen) atoms. The zero-order chi connectivity index (χ0) is 14.8. The number of carbonyl (C=O) groups excluding carboxylic acids is 1. The van der Waals surface area contributed by atoms with Crippen LogP contribution in [-0.2, 0) is 11.2 Å². The quantitative estimate of drug-likeness (QED) is 0.799. The highest BCUT2D eigenvalue weighted by Gasteiger charge is 2.20. The van der Waals surface area contributed by atoms with Crippen molar-refractivity contribution in [2.45, 2.75) is 19.3 Å². The number of carbonyl (C=O) groups is 1. The van der Waals surface area contributed by atoms with Gasteiger partial charge in [-0.25, -0.2) is 14.3 Å². The lowest BCUT2D eigenvalue weighted by Gasteiger charge is -2.28. The second-order valence-electron chi connectivity index (χ2n) is 5.68. The van der Waals surface area contributed by atoms with Crippen molar-refractivity contribution in [3.05, 3.63) is 29.7 Å². The molecule has 3 rings (SSSR count). The minimum absolute atomic E-state index is 0.394. The molecule has 6 heteroatoms. The summed E-state index contributed by atoms with van der Waals surface area (Å²) in [4.78, 5) is 18.6.